The summed E-state index contributed by atoms with van der Waals surface area (Å²) in [5, 5.41) is 5.64. The second-order valence-corrected chi connectivity index (χ2v) is 6.82. The number of carbonyl (C=O) groups is 1. The van der Waals surface area contributed by atoms with Crippen LogP contribution in [0, 0.1) is 5.82 Å². The molecule has 2 N–H and O–H groups in total. The van der Waals surface area contributed by atoms with Gasteiger partial charge in [0.2, 0.25) is 5.88 Å². The fourth-order valence-electron chi connectivity index (χ4n) is 2.20. The number of halogens is 3. The summed E-state index contributed by atoms with van der Waals surface area (Å²) >= 11 is 11.7. The van der Waals surface area contributed by atoms with Crippen LogP contribution in [0.5, 0.6) is 5.88 Å². The Morgan fingerprint density at radius 2 is 1.96 bits per heavy atom. The maximum Gasteiger partial charge on any atom is 0.315 e. The largest absolute Gasteiger partial charge is 0.475 e. The van der Waals surface area contributed by atoms with Crippen LogP contribution in [0.25, 0.3) is 0 Å². The zero-order valence-electron chi connectivity index (χ0n) is 14.6. The molecule has 1 aromatic carbocycles. The van der Waals surface area contributed by atoms with Gasteiger partial charge in [-0.3, -0.25) is 0 Å². The summed E-state index contributed by atoms with van der Waals surface area (Å²) < 4.78 is 19.1. The highest BCUT2D eigenvalue weighted by molar-refractivity contribution is 6.35. The van der Waals surface area contributed by atoms with Gasteiger partial charge in [0.15, 0.2) is 0 Å². The van der Waals surface area contributed by atoms with Crippen LogP contribution in [0.4, 0.5) is 9.18 Å². The van der Waals surface area contributed by atoms with Crippen molar-refractivity contribution in [2.75, 3.05) is 0 Å². The van der Waals surface area contributed by atoms with Crippen LogP contribution in [0.3, 0.4) is 0 Å². The molecule has 0 aliphatic heterocycles. The van der Waals surface area contributed by atoms with Crippen LogP contribution in [0.15, 0.2) is 30.5 Å². The quantitative estimate of drug-likeness (QED) is 0.680. The van der Waals surface area contributed by atoms with Crippen LogP contribution in [0.1, 0.15) is 37.9 Å². The number of carbonyl (C=O) groups excluding carboxylic acids is 1. The Morgan fingerprint density at radius 1 is 1.23 bits per heavy atom. The number of pyridine rings is 1. The Balaban J connectivity index is 1.89. The Morgan fingerprint density at radius 3 is 2.58 bits per heavy atom. The van der Waals surface area contributed by atoms with Crippen LogP contribution in [-0.2, 0) is 6.54 Å². The monoisotopic (exact) mass is 399 g/mol. The van der Waals surface area contributed by atoms with Gasteiger partial charge in [-0.15, -0.1) is 0 Å². The third-order valence-corrected chi connectivity index (χ3v) is 4.08. The van der Waals surface area contributed by atoms with Crippen LogP contribution in [0.2, 0.25) is 10.0 Å². The Bertz CT molecular complexity index is 770. The molecule has 1 atom stereocenters. The summed E-state index contributed by atoms with van der Waals surface area (Å²) in [6.07, 6.45) is 1.68. The minimum absolute atomic E-state index is 0.0447. The molecule has 0 radical (unpaired) electrons. The number of amides is 2. The van der Waals surface area contributed by atoms with E-state index in [1.165, 1.54) is 12.1 Å². The predicted molar refractivity (Wildman–Crippen MR) is 100 cm³/mol. The van der Waals surface area contributed by atoms with Gasteiger partial charge in [0.25, 0.3) is 0 Å². The lowest BCUT2D eigenvalue weighted by Gasteiger charge is -2.17. The fraction of sp³-hybridized carbons (Fsp3) is 0.333. The topological polar surface area (TPSA) is 63.2 Å². The highest BCUT2D eigenvalue weighted by Gasteiger charge is 2.15. The molecule has 5 nitrogen and oxygen atoms in total. The maximum atomic E-state index is 13.6. The molecule has 2 aromatic rings. The van der Waals surface area contributed by atoms with Crippen LogP contribution >= 0.6 is 23.2 Å². The number of ether oxygens (including phenoxy) is 1. The molecular formula is C18H20Cl2FN3O2. The van der Waals surface area contributed by atoms with Crippen molar-refractivity contribution >= 4 is 29.2 Å². The Labute approximate surface area is 161 Å². The highest BCUT2D eigenvalue weighted by atomic mass is 35.5. The van der Waals surface area contributed by atoms with Gasteiger partial charge in [-0.2, -0.15) is 0 Å². The number of benzene rings is 1. The normalized spacial score (nSPS) is 12.0. The Hall–Kier alpha value is -2.05. The van der Waals surface area contributed by atoms with Crippen molar-refractivity contribution < 1.29 is 13.9 Å². The first-order valence-electron chi connectivity index (χ1n) is 8.06. The minimum atomic E-state index is -0.588. The van der Waals surface area contributed by atoms with E-state index in [-0.39, 0.29) is 22.7 Å². The summed E-state index contributed by atoms with van der Waals surface area (Å²) in [5.74, 6) is -0.0591. The maximum absolute atomic E-state index is 13.6. The molecule has 0 aliphatic rings. The zero-order valence-corrected chi connectivity index (χ0v) is 16.2. The van der Waals surface area contributed by atoms with Gasteiger partial charge in [0.1, 0.15) is 5.82 Å². The molecule has 1 heterocycles. The first kappa shape index (κ1) is 20.3. The van der Waals surface area contributed by atoms with Crippen molar-refractivity contribution in [2.45, 2.75) is 39.5 Å². The number of urea groups is 1. The van der Waals surface area contributed by atoms with E-state index in [0.29, 0.717) is 11.4 Å². The van der Waals surface area contributed by atoms with E-state index in [2.05, 4.69) is 15.6 Å². The number of hydrogen-bond acceptors (Lipinski definition) is 3. The van der Waals surface area contributed by atoms with Gasteiger partial charge < -0.3 is 15.4 Å². The minimum Gasteiger partial charge on any atom is -0.475 e. The van der Waals surface area contributed by atoms with Crippen molar-refractivity contribution in [2.24, 2.45) is 0 Å². The summed E-state index contributed by atoms with van der Waals surface area (Å²) in [6.45, 7) is 5.83. The Kier molecular flexibility index (Phi) is 7.06. The number of nitrogens with one attached hydrogen (secondary N) is 2. The number of rotatable bonds is 6. The summed E-state index contributed by atoms with van der Waals surface area (Å²) in [4.78, 5) is 16.2. The molecule has 0 aliphatic carbocycles. The van der Waals surface area contributed by atoms with E-state index in [9.17, 15) is 9.18 Å². The number of aromatic nitrogens is 1. The van der Waals surface area contributed by atoms with Gasteiger partial charge in [-0.05, 0) is 44.0 Å². The first-order chi connectivity index (χ1) is 12.3. The molecule has 0 fully saturated rings. The van der Waals surface area contributed by atoms with Gasteiger partial charge in [-0.25, -0.2) is 14.2 Å². The van der Waals surface area contributed by atoms with Crippen molar-refractivity contribution in [3.05, 3.63) is 57.5 Å². The van der Waals surface area contributed by atoms with Crippen molar-refractivity contribution in [1.29, 1.82) is 0 Å². The van der Waals surface area contributed by atoms with Crippen molar-refractivity contribution in [1.82, 2.24) is 15.6 Å². The summed E-state index contributed by atoms with van der Waals surface area (Å²) in [7, 11) is 0. The number of hydrogen-bond donors (Lipinski definition) is 2. The van der Waals surface area contributed by atoms with Gasteiger partial charge >= 0.3 is 6.03 Å². The van der Waals surface area contributed by atoms with Crippen LogP contribution < -0.4 is 15.4 Å². The number of nitrogens with zero attached hydrogens (tertiary/aromatic N) is 1. The molecule has 2 amide bonds. The van der Waals surface area contributed by atoms with E-state index < -0.39 is 17.9 Å². The van der Waals surface area contributed by atoms with E-state index in [4.69, 9.17) is 27.9 Å². The average molecular weight is 400 g/mol. The second kappa shape index (κ2) is 9.05. The van der Waals surface area contributed by atoms with Crippen LogP contribution in [-0.4, -0.2) is 17.1 Å². The van der Waals surface area contributed by atoms with E-state index in [0.717, 1.165) is 5.56 Å². The lowest BCUT2D eigenvalue weighted by molar-refractivity contribution is 0.232. The van der Waals surface area contributed by atoms with E-state index in [1.807, 2.05) is 19.9 Å². The van der Waals surface area contributed by atoms with Gasteiger partial charge in [0, 0.05) is 23.8 Å². The molecule has 2 rings (SSSR count). The average Bonchev–Trinajstić information content (AvgIpc) is 2.57. The molecule has 0 spiro atoms. The smallest absolute Gasteiger partial charge is 0.315 e. The summed E-state index contributed by atoms with van der Waals surface area (Å²) in [6, 6.07) is 5.19. The highest BCUT2D eigenvalue weighted by Crippen LogP contribution is 2.28. The summed E-state index contributed by atoms with van der Waals surface area (Å²) in [5.41, 5.74) is 1.26. The van der Waals surface area contributed by atoms with Gasteiger partial charge in [-0.1, -0.05) is 29.3 Å². The molecule has 26 heavy (non-hydrogen) atoms. The molecule has 1 unspecified atom stereocenters. The molecule has 0 bridgehead atoms. The molecule has 1 aromatic heterocycles. The fourth-order valence-corrected chi connectivity index (χ4v) is 2.75. The first-order valence-corrected chi connectivity index (χ1v) is 8.82. The third kappa shape index (κ3) is 5.75. The second-order valence-electron chi connectivity index (χ2n) is 6.01. The lowest BCUT2D eigenvalue weighted by Crippen LogP contribution is -2.36. The molecular weight excluding hydrogens is 380 g/mol. The van der Waals surface area contributed by atoms with Crippen molar-refractivity contribution in [3.63, 3.8) is 0 Å². The van der Waals surface area contributed by atoms with E-state index >= 15 is 0 Å². The molecule has 140 valence electrons. The lowest BCUT2D eigenvalue weighted by atomic mass is 10.1. The molecule has 8 heteroatoms. The van der Waals surface area contributed by atoms with E-state index in [1.54, 1.807) is 19.2 Å². The van der Waals surface area contributed by atoms with Crippen molar-refractivity contribution in [3.8, 4) is 5.88 Å². The van der Waals surface area contributed by atoms with Gasteiger partial charge in [0.05, 0.1) is 17.2 Å². The molecule has 0 saturated heterocycles. The standard InChI is InChI=1S/C18H20Cl2FN3O2/c1-10(2)26-17-5-4-12(8-22-17)9-23-18(25)24-11(3)13-6-16(21)15(20)7-14(13)19/h4-8,10-11H,9H2,1-3H3,(H2,23,24,25). The SMILES string of the molecule is CC(C)Oc1ccc(CNC(=O)NC(C)c2cc(F)c(Cl)cc2Cl)cn1. The predicted octanol–water partition coefficient (Wildman–Crippen LogP) is 4.88. The zero-order chi connectivity index (χ0) is 19.3. The molecule has 0 saturated carbocycles. The third-order valence-electron chi connectivity index (χ3n) is 3.46.